The Balaban J connectivity index is 1.43. The monoisotopic (exact) mass is 696 g/mol. The van der Waals surface area contributed by atoms with Gasteiger partial charge in [0.1, 0.15) is 41.1 Å². The lowest BCUT2D eigenvalue weighted by Crippen LogP contribution is -2.40. The number of carbonyl (C=O) groups excluding carboxylic acids is 1. The molecular weight excluding hydrogens is 663 g/mol. The number of halogens is 2. The molecule has 4 aromatic heterocycles. The number of hydrogen-bond acceptors (Lipinski definition) is 8. The van der Waals surface area contributed by atoms with Gasteiger partial charge in [-0.15, -0.1) is 11.3 Å². The fourth-order valence-electron chi connectivity index (χ4n) is 6.88. The third-order valence-corrected chi connectivity index (χ3v) is 10.3. The SMILES string of the molecule is C=CC(=O)N1CCn2nc(-c3nc4c5ccsc5c3-c3c(F)cc(F)cc3OCCOCCCCOc3cc5c(cnn5C)cc3-4)cc2[C@H]1C. The molecule has 256 valence electrons. The van der Waals surface area contributed by atoms with Crippen LogP contribution in [0.3, 0.4) is 0 Å². The van der Waals surface area contributed by atoms with Crippen LogP contribution in [0.15, 0.2) is 60.6 Å². The van der Waals surface area contributed by atoms with Crippen molar-refractivity contribution in [1.82, 2.24) is 29.4 Å². The average Bonchev–Trinajstić information content (AvgIpc) is 3.85. The first kappa shape index (κ1) is 32.1. The molecule has 0 spiro atoms. The second kappa shape index (κ2) is 13.0. The Bertz CT molecular complexity index is 2290. The molecule has 0 saturated heterocycles. The Labute approximate surface area is 290 Å². The van der Waals surface area contributed by atoms with Gasteiger partial charge in [-0.3, -0.25) is 14.2 Å². The summed E-state index contributed by atoms with van der Waals surface area (Å²) in [5.41, 5.74) is 4.46. The molecule has 2 aliphatic heterocycles. The maximum absolute atomic E-state index is 16.3. The molecule has 0 fully saturated rings. The highest BCUT2D eigenvalue weighted by molar-refractivity contribution is 7.18. The molecule has 0 aliphatic carbocycles. The zero-order chi connectivity index (χ0) is 34.5. The van der Waals surface area contributed by atoms with E-state index in [1.54, 1.807) is 15.8 Å². The molecule has 8 rings (SSSR count). The van der Waals surface area contributed by atoms with Gasteiger partial charge in [0.2, 0.25) is 5.91 Å². The van der Waals surface area contributed by atoms with E-state index >= 15 is 4.39 Å². The second-order valence-electron chi connectivity index (χ2n) is 12.4. The summed E-state index contributed by atoms with van der Waals surface area (Å²) >= 11 is 1.42. The van der Waals surface area contributed by atoms with Crippen LogP contribution in [0.25, 0.3) is 54.8 Å². The number of ether oxygens (including phenoxy) is 3. The Hall–Kier alpha value is -5.14. The van der Waals surface area contributed by atoms with E-state index < -0.39 is 11.6 Å². The van der Waals surface area contributed by atoms with Crippen LogP contribution in [-0.2, 0) is 23.1 Å². The van der Waals surface area contributed by atoms with Crippen LogP contribution in [0.5, 0.6) is 11.5 Å². The molecule has 2 bridgehead atoms. The zero-order valence-electron chi connectivity index (χ0n) is 27.6. The van der Waals surface area contributed by atoms with Crippen LogP contribution >= 0.6 is 11.3 Å². The molecule has 50 heavy (non-hydrogen) atoms. The van der Waals surface area contributed by atoms with E-state index in [4.69, 9.17) is 24.3 Å². The van der Waals surface area contributed by atoms with Crippen LogP contribution in [0.2, 0.25) is 0 Å². The number of carbonyl (C=O) groups is 1. The number of rotatable bonds is 2. The summed E-state index contributed by atoms with van der Waals surface area (Å²) < 4.78 is 53.8. The van der Waals surface area contributed by atoms with E-state index in [0.717, 1.165) is 51.2 Å². The molecule has 1 amide bonds. The van der Waals surface area contributed by atoms with Gasteiger partial charge in [-0.2, -0.15) is 10.2 Å². The van der Waals surface area contributed by atoms with E-state index in [-0.39, 0.29) is 36.5 Å². The lowest BCUT2D eigenvalue weighted by atomic mass is 9.95. The molecule has 0 radical (unpaired) electrons. The molecule has 10 nitrogen and oxygen atoms in total. The number of pyridine rings is 1. The number of nitrogens with zero attached hydrogens (tertiary/aromatic N) is 6. The van der Waals surface area contributed by atoms with Gasteiger partial charge in [-0.1, -0.05) is 6.58 Å². The third-order valence-electron chi connectivity index (χ3n) is 9.36. The minimum Gasteiger partial charge on any atom is -0.493 e. The summed E-state index contributed by atoms with van der Waals surface area (Å²) in [5.74, 6) is -1.04. The van der Waals surface area contributed by atoms with Crippen LogP contribution in [0, 0.1) is 11.6 Å². The van der Waals surface area contributed by atoms with E-state index in [1.807, 2.05) is 48.3 Å². The maximum atomic E-state index is 16.3. The predicted molar refractivity (Wildman–Crippen MR) is 187 cm³/mol. The van der Waals surface area contributed by atoms with E-state index in [1.165, 1.54) is 23.5 Å². The van der Waals surface area contributed by atoms with Crippen molar-refractivity contribution in [2.24, 2.45) is 7.05 Å². The predicted octanol–water partition coefficient (Wildman–Crippen LogP) is 7.32. The first-order chi connectivity index (χ1) is 24.3. The van der Waals surface area contributed by atoms with E-state index in [2.05, 4.69) is 11.7 Å². The number of benzene rings is 2. The number of aromatic nitrogens is 5. The smallest absolute Gasteiger partial charge is 0.246 e. The number of thiophene rings is 1. The summed E-state index contributed by atoms with van der Waals surface area (Å²) in [4.78, 5) is 19.7. The van der Waals surface area contributed by atoms with Gasteiger partial charge in [0.15, 0.2) is 0 Å². The minimum absolute atomic E-state index is 0.0433. The van der Waals surface area contributed by atoms with Crippen LogP contribution < -0.4 is 9.47 Å². The quantitative estimate of drug-likeness (QED) is 0.175. The fourth-order valence-corrected chi connectivity index (χ4v) is 7.82. The highest BCUT2D eigenvalue weighted by Gasteiger charge is 2.32. The number of hydrogen-bond donors (Lipinski definition) is 0. The molecule has 6 aromatic rings. The summed E-state index contributed by atoms with van der Waals surface area (Å²) in [5, 5.41) is 13.1. The Morgan fingerprint density at radius 2 is 1.84 bits per heavy atom. The van der Waals surface area contributed by atoms with Crippen LogP contribution in [0.1, 0.15) is 31.5 Å². The lowest BCUT2D eigenvalue weighted by molar-refractivity contribution is -0.129. The van der Waals surface area contributed by atoms with Gasteiger partial charge in [0, 0.05) is 65.0 Å². The molecule has 13 heteroatoms. The summed E-state index contributed by atoms with van der Waals surface area (Å²) in [6.07, 6.45) is 4.62. The molecule has 0 N–H and O–H groups in total. The van der Waals surface area contributed by atoms with Gasteiger partial charge in [-0.25, -0.2) is 13.8 Å². The van der Waals surface area contributed by atoms with Crippen molar-refractivity contribution in [2.75, 3.05) is 33.0 Å². The number of amides is 1. The Morgan fingerprint density at radius 3 is 2.70 bits per heavy atom. The van der Waals surface area contributed by atoms with Gasteiger partial charge in [-0.05, 0) is 49.4 Å². The van der Waals surface area contributed by atoms with Crippen LogP contribution in [0.4, 0.5) is 8.78 Å². The highest BCUT2D eigenvalue weighted by atomic mass is 32.1. The van der Waals surface area contributed by atoms with Gasteiger partial charge >= 0.3 is 0 Å². The average molecular weight is 697 g/mol. The molecule has 0 unspecified atom stereocenters. The summed E-state index contributed by atoms with van der Waals surface area (Å²) in [6.45, 7) is 7.79. The molecular formula is C37H34F2N6O4S. The van der Waals surface area contributed by atoms with Crippen LogP contribution in [-0.4, -0.2) is 68.3 Å². The minimum atomic E-state index is -0.787. The fraction of sp³-hybridized carbons (Fsp3) is 0.297. The van der Waals surface area contributed by atoms with Gasteiger partial charge < -0.3 is 19.1 Å². The number of fused-ring (bicyclic) bond motifs is 6. The molecule has 2 aromatic carbocycles. The van der Waals surface area contributed by atoms with Crippen molar-refractivity contribution >= 4 is 38.2 Å². The van der Waals surface area contributed by atoms with Gasteiger partial charge in [0.05, 0.1) is 54.5 Å². The number of aryl methyl sites for hydroxylation is 1. The molecule has 2 aliphatic rings. The standard InChI is InChI=1S/C37H34F2N6O4S/c1-4-32(46)44-8-9-45-28(21(44)2)18-27(42-45)36-34-33-26(39)16-23(38)17-31(33)49-13-12-47-10-5-6-11-48-30-19-29-22(20-40-43(29)3)15-25(30)35(41-36)24-7-14-50-37(24)34/h4,7,14-21H,1,5-6,8-13H2,2-3H3/t21-/m1/s1. The van der Waals surface area contributed by atoms with E-state index in [0.29, 0.717) is 54.7 Å². The Morgan fingerprint density at radius 1 is 1.00 bits per heavy atom. The maximum Gasteiger partial charge on any atom is 0.246 e. The molecule has 1 atom stereocenters. The summed E-state index contributed by atoms with van der Waals surface area (Å²) in [6, 6.07) is 9.60. The van der Waals surface area contributed by atoms with Crippen molar-refractivity contribution in [2.45, 2.75) is 32.4 Å². The Kier molecular flexibility index (Phi) is 8.31. The second-order valence-corrected chi connectivity index (χ2v) is 13.3. The molecule has 0 saturated carbocycles. The first-order valence-corrected chi connectivity index (χ1v) is 17.4. The molecule has 6 heterocycles. The van der Waals surface area contributed by atoms with E-state index in [9.17, 15) is 9.18 Å². The lowest BCUT2D eigenvalue weighted by Gasteiger charge is -2.33. The van der Waals surface area contributed by atoms with Crippen molar-refractivity contribution in [1.29, 1.82) is 0 Å². The largest absolute Gasteiger partial charge is 0.493 e. The normalized spacial score (nSPS) is 16.7. The van der Waals surface area contributed by atoms with Crippen molar-refractivity contribution in [3.8, 4) is 45.3 Å². The summed E-state index contributed by atoms with van der Waals surface area (Å²) in [7, 11) is 1.88. The first-order valence-electron chi connectivity index (χ1n) is 16.5. The van der Waals surface area contributed by atoms with Gasteiger partial charge in [0.25, 0.3) is 0 Å². The van der Waals surface area contributed by atoms with Crippen molar-refractivity contribution < 1.29 is 27.8 Å². The highest BCUT2D eigenvalue weighted by Crippen LogP contribution is 2.49. The van der Waals surface area contributed by atoms with Crippen molar-refractivity contribution in [3.63, 3.8) is 0 Å². The van der Waals surface area contributed by atoms with Crippen molar-refractivity contribution in [3.05, 3.63) is 78.0 Å². The third kappa shape index (κ3) is 5.50. The zero-order valence-corrected chi connectivity index (χ0v) is 28.4. The topological polar surface area (TPSA) is 96.5 Å².